The van der Waals surface area contributed by atoms with Gasteiger partial charge in [0.1, 0.15) is 23.4 Å². The zero-order valence-electron chi connectivity index (χ0n) is 14.4. The van der Waals surface area contributed by atoms with Crippen molar-refractivity contribution in [1.82, 2.24) is 10.3 Å². The highest BCUT2D eigenvalue weighted by Crippen LogP contribution is 2.36. The van der Waals surface area contributed by atoms with E-state index in [0.29, 0.717) is 24.5 Å². The van der Waals surface area contributed by atoms with Gasteiger partial charge in [-0.25, -0.2) is 13.8 Å². The minimum absolute atomic E-state index is 0.0000775. The van der Waals surface area contributed by atoms with Crippen molar-refractivity contribution in [3.05, 3.63) is 47.2 Å². The van der Waals surface area contributed by atoms with Crippen LogP contribution in [0.1, 0.15) is 22.5 Å². The molecule has 5 nitrogen and oxygen atoms in total. The zero-order valence-corrected chi connectivity index (χ0v) is 14.4. The molecule has 2 heterocycles. The fourth-order valence-corrected chi connectivity index (χ4v) is 3.00. The Hall–Kier alpha value is -2.75. The molecule has 1 unspecified atom stereocenters. The summed E-state index contributed by atoms with van der Waals surface area (Å²) in [6, 6.07) is 4.30. The van der Waals surface area contributed by atoms with Gasteiger partial charge in [0.2, 0.25) is 5.88 Å². The normalized spacial score (nSPS) is 16.4. The lowest BCUT2D eigenvalue weighted by atomic mass is 9.94. The van der Waals surface area contributed by atoms with Crippen LogP contribution in [0.25, 0.3) is 11.1 Å². The van der Waals surface area contributed by atoms with Crippen LogP contribution in [0.2, 0.25) is 0 Å². The number of hydrogen-bond acceptors (Lipinski definition) is 4. The van der Waals surface area contributed by atoms with Crippen molar-refractivity contribution in [3.8, 4) is 17.0 Å². The first-order chi connectivity index (χ1) is 13.1. The average Bonchev–Trinajstić information content (AvgIpc) is 2.59. The standard InChI is InChI=1S/C18H16F5N3O2/c19-9-1-3-11(14(20)5-9)13-6-15(16(24)27)26-17-12(13)4-2-10(28-17)7-25-8-18(21,22)23/h1,3,5-6,10,25H,2,4,7-8H2,(H2,24,27). The Morgan fingerprint density at radius 3 is 2.64 bits per heavy atom. The number of nitrogens with zero attached hydrogens (tertiary/aromatic N) is 1. The third-order valence-electron chi connectivity index (χ3n) is 4.25. The van der Waals surface area contributed by atoms with E-state index in [9.17, 15) is 26.7 Å². The number of carbonyl (C=O) groups is 1. The van der Waals surface area contributed by atoms with Crippen molar-refractivity contribution >= 4 is 5.91 Å². The van der Waals surface area contributed by atoms with E-state index >= 15 is 0 Å². The van der Waals surface area contributed by atoms with E-state index in [4.69, 9.17) is 10.5 Å². The van der Waals surface area contributed by atoms with Crippen LogP contribution in [-0.4, -0.2) is 36.3 Å². The third-order valence-corrected chi connectivity index (χ3v) is 4.25. The molecule has 1 aliphatic heterocycles. The maximum Gasteiger partial charge on any atom is 0.401 e. The third kappa shape index (κ3) is 4.56. The lowest BCUT2D eigenvalue weighted by Gasteiger charge is -2.27. The molecule has 2 aromatic rings. The molecule has 0 spiro atoms. The van der Waals surface area contributed by atoms with Gasteiger partial charge in [-0.3, -0.25) is 4.79 Å². The van der Waals surface area contributed by atoms with Gasteiger partial charge in [0, 0.05) is 23.7 Å². The van der Waals surface area contributed by atoms with Gasteiger partial charge in [0.25, 0.3) is 5.91 Å². The SMILES string of the molecule is NC(=O)c1cc(-c2ccc(F)cc2F)c2c(n1)OC(CNCC(F)(F)F)CC2. The lowest BCUT2D eigenvalue weighted by molar-refractivity contribution is -0.125. The minimum Gasteiger partial charge on any atom is -0.473 e. The van der Waals surface area contributed by atoms with E-state index in [1.54, 1.807) is 0 Å². The van der Waals surface area contributed by atoms with Gasteiger partial charge in [0.05, 0.1) is 6.54 Å². The van der Waals surface area contributed by atoms with Crippen molar-refractivity contribution in [1.29, 1.82) is 0 Å². The van der Waals surface area contributed by atoms with E-state index in [2.05, 4.69) is 10.3 Å². The number of rotatable bonds is 5. The Morgan fingerprint density at radius 1 is 1.25 bits per heavy atom. The van der Waals surface area contributed by atoms with Gasteiger partial charge in [-0.2, -0.15) is 13.2 Å². The fourth-order valence-electron chi connectivity index (χ4n) is 3.00. The first-order valence-corrected chi connectivity index (χ1v) is 8.37. The second-order valence-electron chi connectivity index (χ2n) is 6.35. The summed E-state index contributed by atoms with van der Waals surface area (Å²) < 4.78 is 69.9. The van der Waals surface area contributed by atoms with E-state index in [0.717, 1.165) is 6.07 Å². The van der Waals surface area contributed by atoms with Crippen molar-refractivity contribution in [2.24, 2.45) is 5.73 Å². The minimum atomic E-state index is -4.35. The zero-order chi connectivity index (χ0) is 20.5. The summed E-state index contributed by atoms with van der Waals surface area (Å²) in [6.07, 6.45) is -4.29. The van der Waals surface area contributed by atoms with Crippen molar-refractivity contribution in [3.63, 3.8) is 0 Å². The average molecular weight is 401 g/mol. The molecule has 1 atom stereocenters. The van der Waals surface area contributed by atoms with Crippen LogP contribution >= 0.6 is 0 Å². The monoisotopic (exact) mass is 401 g/mol. The number of primary amides is 1. The predicted octanol–water partition coefficient (Wildman–Crippen LogP) is 2.97. The maximum atomic E-state index is 14.3. The first-order valence-electron chi connectivity index (χ1n) is 8.37. The summed E-state index contributed by atoms with van der Waals surface area (Å²) >= 11 is 0. The number of carbonyl (C=O) groups excluding carboxylic acids is 1. The number of ether oxygens (including phenoxy) is 1. The molecule has 150 valence electrons. The highest BCUT2D eigenvalue weighted by Gasteiger charge is 2.29. The second-order valence-corrected chi connectivity index (χ2v) is 6.35. The smallest absolute Gasteiger partial charge is 0.401 e. The quantitative estimate of drug-likeness (QED) is 0.756. The van der Waals surface area contributed by atoms with Crippen LogP contribution in [0, 0.1) is 11.6 Å². The van der Waals surface area contributed by atoms with Crippen molar-refractivity contribution in [2.45, 2.75) is 25.1 Å². The maximum absolute atomic E-state index is 14.3. The van der Waals surface area contributed by atoms with E-state index in [1.165, 1.54) is 12.1 Å². The Labute approximate surface area is 156 Å². The Morgan fingerprint density at radius 2 is 2.00 bits per heavy atom. The van der Waals surface area contributed by atoms with Crippen LogP contribution in [0.5, 0.6) is 5.88 Å². The molecule has 3 N–H and O–H groups in total. The molecule has 1 aromatic carbocycles. The number of hydrogen-bond donors (Lipinski definition) is 2. The summed E-state index contributed by atoms with van der Waals surface area (Å²) in [5.41, 5.74) is 5.87. The number of nitrogens with two attached hydrogens (primary N) is 1. The molecule has 1 aromatic heterocycles. The molecule has 0 saturated heterocycles. The van der Waals surface area contributed by atoms with Gasteiger partial charge >= 0.3 is 6.18 Å². The molecular weight excluding hydrogens is 385 g/mol. The number of alkyl halides is 3. The molecule has 0 fully saturated rings. The fraction of sp³-hybridized carbons (Fsp3) is 0.333. The van der Waals surface area contributed by atoms with Crippen LogP contribution in [0.3, 0.4) is 0 Å². The number of pyridine rings is 1. The topological polar surface area (TPSA) is 77.2 Å². The van der Waals surface area contributed by atoms with Gasteiger partial charge in [-0.05, 0) is 36.6 Å². The number of aromatic nitrogens is 1. The summed E-state index contributed by atoms with van der Waals surface area (Å²) in [5.74, 6) is -2.48. The van der Waals surface area contributed by atoms with Crippen molar-refractivity contribution < 1.29 is 31.5 Å². The Bertz CT molecular complexity index is 902. The number of amides is 1. The predicted molar refractivity (Wildman–Crippen MR) is 89.8 cm³/mol. The van der Waals surface area contributed by atoms with Crippen LogP contribution in [0.4, 0.5) is 22.0 Å². The van der Waals surface area contributed by atoms with Gasteiger partial charge < -0.3 is 15.8 Å². The summed E-state index contributed by atoms with van der Waals surface area (Å²) in [4.78, 5) is 15.6. The van der Waals surface area contributed by atoms with Crippen LogP contribution in [0.15, 0.2) is 24.3 Å². The van der Waals surface area contributed by atoms with E-state index in [-0.39, 0.29) is 29.2 Å². The van der Waals surface area contributed by atoms with Crippen LogP contribution < -0.4 is 15.8 Å². The molecule has 1 aliphatic rings. The highest BCUT2D eigenvalue weighted by atomic mass is 19.4. The van der Waals surface area contributed by atoms with Crippen molar-refractivity contribution in [2.75, 3.05) is 13.1 Å². The molecule has 1 amide bonds. The molecule has 3 rings (SSSR count). The second kappa shape index (κ2) is 7.70. The summed E-state index contributed by atoms with van der Waals surface area (Å²) in [5, 5.41) is 2.25. The van der Waals surface area contributed by atoms with Gasteiger partial charge in [-0.1, -0.05) is 0 Å². The van der Waals surface area contributed by atoms with E-state index < -0.39 is 36.4 Å². The molecule has 0 bridgehead atoms. The first kappa shape index (κ1) is 20.0. The Kier molecular flexibility index (Phi) is 5.50. The van der Waals surface area contributed by atoms with E-state index in [1.807, 2.05) is 0 Å². The Balaban J connectivity index is 1.92. The molecular formula is C18H16F5N3O2. The summed E-state index contributed by atoms with van der Waals surface area (Å²) in [7, 11) is 0. The molecule has 10 heteroatoms. The molecule has 28 heavy (non-hydrogen) atoms. The van der Waals surface area contributed by atoms with Gasteiger partial charge in [0.15, 0.2) is 0 Å². The largest absolute Gasteiger partial charge is 0.473 e. The number of fused-ring (bicyclic) bond motifs is 1. The highest BCUT2D eigenvalue weighted by molar-refractivity contribution is 5.93. The summed E-state index contributed by atoms with van der Waals surface area (Å²) in [6.45, 7) is -1.25. The van der Waals surface area contributed by atoms with Crippen LogP contribution in [-0.2, 0) is 6.42 Å². The molecule has 0 saturated carbocycles. The number of halogens is 5. The molecule has 0 radical (unpaired) electrons. The van der Waals surface area contributed by atoms with Gasteiger partial charge in [-0.15, -0.1) is 0 Å². The number of nitrogens with one attached hydrogen (secondary N) is 1. The number of benzene rings is 1. The lowest BCUT2D eigenvalue weighted by Crippen LogP contribution is -2.39. The molecule has 0 aliphatic carbocycles.